The third-order valence-corrected chi connectivity index (χ3v) is 8.45. The molecule has 2 aliphatic rings. The monoisotopic (exact) mass is 430 g/mol. The number of hydrogen-bond acceptors (Lipinski definition) is 7. The Hall–Kier alpha value is -0.280. The van der Waals surface area contributed by atoms with Crippen LogP contribution in [0.5, 0.6) is 0 Å². The molecule has 0 aromatic rings. The molecule has 0 aromatic carbocycles. The molecule has 6 N–H and O–H groups in total. The zero-order chi connectivity index (χ0) is 22.9. The maximum absolute atomic E-state index is 11.2. The number of hydrazine groups is 1. The Morgan fingerprint density at radius 1 is 1.10 bits per heavy atom. The molecule has 2 fully saturated rings. The van der Waals surface area contributed by atoms with E-state index in [9.17, 15) is 20.4 Å². The molecule has 30 heavy (non-hydrogen) atoms. The number of aliphatic hydroxyl groups is 4. The first-order valence-electron chi connectivity index (χ1n) is 11.8. The molecule has 0 amide bonds. The minimum Gasteiger partial charge on any atom is -0.396 e. The molecule has 7 heteroatoms. The molecule has 1 saturated heterocycles. The molecular weight excluding hydrogens is 384 g/mol. The van der Waals surface area contributed by atoms with Crippen molar-refractivity contribution in [2.45, 2.75) is 116 Å². The molecule has 2 rings (SSSR count). The summed E-state index contributed by atoms with van der Waals surface area (Å²) < 4.78 is 6.00. The van der Waals surface area contributed by atoms with Crippen molar-refractivity contribution in [2.75, 3.05) is 6.61 Å². The van der Waals surface area contributed by atoms with Crippen LogP contribution in [-0.4, -0.2) is 68.2 Å². The van der Waals surface area contributed by atoms with Crippen LogP contribution in [0.2, 0.25) is 0 Å². The SMILES string of the molecule is CCC1OC(O)C(C)C2(CC2)C(C)CCC(CO)CC(C)N(N)C(C)C(O)C1(C)O. The molecule has 0 aromatic heterocycles. The molecule has 9 unspecified atom stereocenters. The lowest BCUT2D eigenvalue weighted by Gasteiger charge is -2.44. The highest BCUT2D eigenvalue weighted by Gasteiger charge is 2.54. The van der Waals surface area contributed by atoms with Crippen molar-refractivity contribution in [2.24, 2.45) is 29.0 Å². The Morgan fingerprint density at radius 3 is 2.20 bits per heavy atom. The van der Waals surface area contributed by atoms with Crippen LogP contribution < -0.4 is 5.84 Å². The number of ether oxygens (including phenoxy) is 1. The number of aliphatic hydroxyl groups excluding tert-OH is 3. The molecule has 1 aliphatic carbocycles. The number of nitrogens with two attached hydrogens (primary N) is 1. The molecular formula is C23H46N2O5. The maximum atomic E-state index is 11.2. The van der Waals surface area contributed by atoms with Crippen molar-refractivity contribution in [3.05, 3.63) is 0 Å². The Morgan fingerprint density at radius 2 is 1.70 bits per heavy atom. The second kappa shape index (κ2) is 10.1. The van der Waals surface area contributed by atoms with Gasteiger partial charge in [-0.25, -0.2) is 5.01 Å². The fourth-order valence-corrected chi connectivity index (χ4v) is 5.66. The van der Waals surface area contributed by atoms with E-state index in [1.165, 1.54) is 0 Å². The van der Waals surface area contributed by atoms with Gasteiger partial charge in [0.2, 0.25) is 0 Å². The van der Waals surface area contributed by atoms with Gasteiger partial charge in [-0.05, 0) is 76.5 Å². The van der Waals surface area contributed by atoms with Crippen molar-refractivity contribution in [1.82, 2.24) is 5.01 Å². The first-order valence-corrected chi connectivity index (χ1v) is 11.8. The Balaban J connectivity index is 2.35. The van der Waals surface area contributed by atoms with Crippen LogP contribution >= 0.6 is 0 Å². The first-order chi connectivity index (χ1) is 13.9. The van der Waals surface area contributed by atoms with Crippen LogP contribution in [0.3, 0.4) is 0 Å². The molecule has 1 heterocycles. The number of rotatable bonds is 2. The Bertz CT molecular complexity index is 542. The standard InChI is InChI=1S/C23H46N2O5/c1-7-19-22(6,29)20(27)17(5)25(24)15(3)12-18(13-26)9-8-14(2)23(10-11-23)16(4)21(28)30-19/h14-21,26-29H,7-13,24H2,1-6H3. The summed E-state index contributed by atoms with van der Waals surface area (Å²) >= 11 is 0. The summed E-state index contributed by atoms with van der Waals surface area (Å²) in [6.45, 7) is 11.6. The zero-order valence-electron chi connectivity index (χ0n) is 19.8. The first kappa shape index (κ1) is 26.0. The van der Waals surface area contributed by atoms with Gasteiger partial charge in [0.1, 0.15) is 11.7 Å². The van der Waals surface area contributed by atoms with Crippen molar-refractivity contribution in [3.63, 3.8) is 0 Å². The van der Waals surface area contributed by atoms with E-state index in [0.717, 1.165) is 32.1 Å². The molecule has 178 valence electrons. The van der Waals surface area contributed by atoms with Gasteiger partial charge in [0.15, 0.2) is 6.29 Å². The highest BCUT2D eigenvalue weighted by Crippen LogP contribution is 2.60. The minimum atomic E-state index is -1.58. The molecule has 9 atom stereocenters. The average molecular weight is 431 g/mol. The fourth-order valence-electron chi connectivity index (χ4n) is 5.66. The van der Waals surface area contributed by atoms with Gasteiger partial charge in [-0.1, -0.05) is 20.8 Å². The molecule has 7 nitrogen and oxygen atoms in total. The molecule has 0 bridgehead atoms. The largest absolute Gasteiger partial charge is 0.396 e. The fraction of sp³-hybridized carbons (Fsp3) is 1.00. The van der Waals surface area contributed by atoms with E-state index in [2.05, 4.69) is 6.92 Å². The van der Waals surface area contributed by atoms with Gasteiger partial charge in [0.25, 0.3) is 0 Å². The summed E-state index contributed by atoms with van der Waals surface area (Å²) in [5, 5.41) is 44.7. The van der Waals surface area contributed by atoms with Crippen LogP contribution in [0, 0.1) is 23.2 Å². The average Bonchev–Trinajstić information content (AvgIpc) is 3.53. The van der Waals surface area contributed by atoms with Crippen LogP contribution in [0.1, 0.15) is 80.1 Å². The quantitative estimate of drug-likeness (QED) is 0.425. The van der Waals surface area contributed by atoms with E-state index in [1.54, 1.807) is 18.9 Å². The zero-order valence-corrected chi connectivity index (χ0v) is 19.8. The summed E-state index contributed by atoms with van der Waals surface area (Å²) in [5.74, 6) is 6.79. The van der Waals surface area contributed by atoms with E-state index in [4.69, 9.17) is 10.6 Å². The number of hydrogen-bond donors (Lipinski definition) is 5. The Kier molecular flexibility index (Phi) is 8.75. The van der Waals surface area contributed by atoms with Crippen molar-refractivity contribution >= 4 is 0 Å². The summed E-state index contributed by atoms with van der Waals surface area (Å²) in [7, 11) is 0. The van der Waals surface area contributed by atoms with E-state index < -0.39 is 30.1 Å². The minimum absolute atomic E-state index is 0.0289. The molecule has 1 saturated carbocycles. The van der Waals surface area contributed by atoms with E-state index in [0.29, 0.717) is 12.3 Å². The number of nitrogens with zero attached hydrogens (tertiary/aromatic N) is 1. The van der Waals surface area contributed by atoms with Crippen molar-refractivity contribution in [1.29, 1.82) is 0 Å². The highest BCUT2D eigenvalue weighted by atomic mass is 16.6. The van der Waals surface area contributed by atoms with Crippen LogP contribution in [0.15, 0.2) is 0 Å². The third-order valence-electron chi connectivity index (χ3n) is 8.45. The van der Waals surface area contributed by atoms with Gasteiger partial charge in [-0.15, -0.1) is 0 Å². The summed E-state index contributed by atoms with van der Waals surface area (Å²) in [6, 6.07) is -0.594. The highest BCUT2D eigenvalue weighted by molar-refractivity contribution is 5.02. The van der Waals surface area contributed by atoms with Crippen molar-refractivity contribution < 1.29 is 25.2 Å². The van der Waals surface area contributed by atoms with Gasteiger partial charge >= 0.3 is 0 Å². The molecule has 1 spiro atoms. The van der Waals surface area contributed by atoms with Crippen LogP contribution in [0.25, 0.3) is 0 Å². The lowest BCUT2D eigenvalue weighted by molar-refractivity contribution is -0.244. The van der Waals surface area contributed by atoms with Gasteiger partial charge in [-0.2, -0.15) is 0 Å². The maximum Gasteiger partial charge on any atom is 0.158 e. The van der Waals surface area contributed by atoms with E-state index in [1.807, 2.05) is 20.8 Å². The normalized spacial score (nSPS) is 46.9. The second-order valence-electron chi connectivity index (χ2n) is 10.4. The predicted molar refractivity (Wildman–Crippen MR) is 117 cm³/mol. The summed E-state index contributed by atoms with van der Waals surface area (Å²) in [6.07, 6.45) is 2.26. The van der Waals surface area contributed by atoms with Gasteiger partial charge in [-0.3, -0.25) is 5.84 Å². The topological polar surface area (TPSA) is 119 Å². The smallest absolute Gasteiger partial charge is 0.158 e. The second-order valence-corrected chi connectivity index (χ2v) is 10.4. The lowest BCUT2D eigenvalue weighted by atomic mass is 9.76. The van der Waals surface area contributed by atoms with Gasteiger partial charge in [0.05, 0.1) is 12.1 Å². The van der Waals surface area contributed by atoms with Gasteiger partial charge in [0, 0.05) is 18.6 Å². The van der Waals surface area contributed by atoms with E-state index in [-0.39, 0.29) is 29.9 Å². The molecule has 1 aliphatic heterocycles. The lowest BCUT2D eigenvalue weighted by Crippen LogP contribution is -2.62. The summed E-state index contributed by atoms with van der Waals surface area (Å²) in [4.78, 5) is 0. The Labute approximate surface area is 182 Å². The predicted octanol–water partition coefficient (Wildman–Crippen LogP) is 2.01. The molecule has 0 radical (unpaired) electrons. The third kappa shape index (κ3) is 5.20. The van der Waals surface area contributed by atoms with Crippen LogP contribution in [0.4, 0.5) is 0 Å². The van der Waals surface area contributed by atoms with Crippen LogP contribution in [-0.2, 0) is 4.74 Å². The van der Waals surface area contributed by atoms with Crippen molar-refractivity contribution in [3.8, 4) is 0 Å². The van der Waals surface area contributed by atoms with E-state index >= 15 is 0 Å². The van der Waals surface area contributed by atoms with Gasteiger partial charge < -0.3 is 25.2 Å². The summed E-state index contributed by atoms with van der Waals surface area (Å²) in [5.41, 5.74) is -1.55.